The Balaban J connectivity index is 1.91. The van der Waals surface area contributed by atoms with E-state index < -0.39 is 0 Å². The van der Waals surface area contributed by atoms with E-state index in [-0.39, 0.29) is 0 Å². The molecule has 0 heterocycles. The van der Waals surface area contributed by atoms with Gasteiger partial charge < -0.3 is 10.2 Å². The Morgan fingerprint density at radius 3 is 2.67 bits per heavy atom. The topological polar surface area (TPSA) is 15.3 Å². The largest absolute Gasteiger partial charge is 0.374 e. The third-order valence-electron chi connectivity index (χ3n) is 4.48. The van der Waals surface area contributed by atoms with Crippen LogP contribution in [0.2, 0.25) is 0 Å². The van der Waals surface area contributed by atoms with Crippen LogP contribution in [0.4, 0.5) is 5.69 Å². The van der Waals surface area contributed by atoms with Crippen LogP contribution in [-0.4, -0.2) is 20.1 Å². The van der Waals surface area contributed by atoms with Crippen LogP contribution >= 0.6 is 15.9 Å². The van der Waals surface area contributed by atoms with Crippen LogP contribution in [0.15, 0.2) is 22.7 Å². The van der Waals surface area contributed by atoms with E-state index in [4.69, 9.17) is 0 Å². The van der Waals surface area contributed by atoms with Gasteiger partial charge in [0.1, 0.15) is 0 Å². The molecule has 3 heteroatoms. The SMILES string of the molecule is CCCNCc1ccc(N(C)CC2CCCCC2)cc1Br. The average molecular weight is 353 g/mol. The summed E-state index contributed by atoms with van der Waals surface area (Å²) >= 11 is 3.73. The zero-order valence-electron chi connectivity index (χ0n) is 13.5. The minimum absolute atomic E-state index is 0.883. The van der Waals surface area contributed by atoms with E-state index in [1.807, 2.05) is 0 Å². The van der Waals surface area contributed by atoms with Crippen molar-refractivity contribution >= 4 is 21.6 Å². The van der Waals surface area contributed by atoms with Crippen LogP contribution in [0.25, 0.3) is 0 Å². The van der Waals surface area contributed by atoms with Gasteiger partial charge in [0.15, 0.2) is 0 Å². The number of hydrogen-bond donors (Lipinski definition) is 1. The van der Waals surface area contributed by atoms with Gasteiger partial charge in [-0.25, -0.2) is 0 Å². The van der Waals surface area contributed by atoms with Gasteiger partial charge in [-0.1, -0.05) is 48.2 Å². The predicted molar refractivity (Wildman–Crippen MR) is 96.0 cm³/mol. The van der Waals surface area contributed by atoms with E-state index in [1.54, 1.807) is 0 Å². The molecule has 1 aromatic rings. The highest BCUT2D eigenvalue weighted by atomic mass is 79.9. The van der Waals surface area contributed by atoms with E-state index in [9.17, 15) is 0 Å². The van der Waals surface area contributed by atoms with Crippen molar-refractivity contribution < 1.29 is 0 Å². The molecule has 0 amide bonds. The molecule has 2 nitrogen and oxygen atoms in total. The fourth-order valence-corrected chi connectivity index (χ4v) is 3.69. The number of rotatable bonds is 7. The van der Waals surface area contributed by atoms with Crippen molar-refractivity contribution in [1.29, 1.82) is 0 Å². The molecular weight excluding hydrogens is 324 g/mol. The Bertz CT molecular complexity index is 427. The minimum atomic E-state index is 0.883. The highest BCUT2D eigenvalue weighted by molar-refractivity contribution is 9.10. The lowest BCUT2D eigenvalue weighted by Crippen LogP contribution is -2.26. The van der Waals surface area contributed by atoms with Crippen LogP contribution in [0.3, 0.4) is 0 Å². The Morgan fingerprint density at radius 2 is 2.00 bits per heavy atom. The van der Waals surface area contributed by atoms with Crippen molar-refractivity contribution in [3.05, 3.63) is 28.2 Å². The monoisotopic (exact) mass is 352 g/mol. The third-order valence-corrected chi connectivity index (χ3v) is 5.21. The Labute approximate surface area is 138 Å². The number of benzene rings is 1. The molecule has 0 unspecified atom stereocenters. The number of nitrogens with one attached hydrogen (secondary N) is 1. The zero-order chi connectivity index (χ0) is 15.1. The van der Waals surface area contributed by atoms with Gasteiger partial charge in [0, 0.05) is 30.3 Å². The first-order chi connectivity index (χ1) is 10.2. The molecule has 118 valence electrons. The zero-order valence-corrected chi connectivity index (χ0v) is 15.1. The van der Waals surface area contributed by atoms with Crippen LogP contribution in [0, 0.1) is 5.92 Å². The van der Waals surface area contributed by atoms with Gasteiger partial charge in [-0.15, -0.1) is 0 Å². The molecule has 0 spiro atoms. The van der Waals surface area contributed by atoms with E-state index in [0.29, 0.717) is 0 Å². The molecule has 0 aliphatic heterocycles. The summed E-state index contributed by atoms with van der Waals surface area (Å²) in [4.78, 5) is 2.42. The fourth-order valence-electron chi connectivity index (χ4n) is 3.18. The van der Waals surface area contributed by atoms with Gasteiger partial charge in [-0.2, -0.15) is 0 Å². The molecule has 1 aromatic carbocycles. The second-order valence-electron chi connectivity index (χ2n) is 6.34. The summed E-state index contributed by atoms with van der Waals surface area (Å²) in [6.07, 6.45) is 8.27. The second kappa shape index (κ2) is 8.79. The van der Waals surface area contributed by atoms with Gasteiger partial charge in [0.25, 0.3) is 0 Å². The molecular formula is C18H29BrN2. The van der Waals surface area contributed by atoms with Crippen molar-refractivity contribution in [3.8, 4) is 0 Å². The molecule has 0 radical (unpaired) electrons. The average Bonchev–Trinajstić information content (AvgIpc) is 2.50. The molecule has 0 aromatic heterocycles. The molecule has 0 saturated heterocycles. The first kappa shape index (κ1) is 16.8. The number of anilines is 1. The van der Waals surface area contributed by atoms with E-state index in [1.165, 1.54) is 60.8 Å². The molecule has 1 fully saturated rings. The smallest absolute Gasteiger partial charge is 0.0375 e. The molecule has 1 N–H and O–H groups in total. The van der Waals surface area contributed by atoms with E-state index >= 15 is 0 Å². The van der Waals surface area contributed by atoms with Gasteiger partial charge in [0.2, 0.25) is 0 Å². The van der Waals surface area contributed by atoms with Gasteiger partial charge in [-0.3, -0.25) is 0 Å². The molecule has 1 saturated carbocycles. The lowest BCUT2D eigenvalue weighted by Gasteiger charge is -2.28. The minimum Gasteiger partial charge on any atom is -0.374 e. The van der Waals surface area contributed by atoms with Crippen molar-refractivity contribution in [2.24, 2.45) is 5.92 Å². The number of hydrogen-bond acceptors (Lipinski definition) is 2. The molecule has 0 atom stereocenters. The van der Waals surface area contributed by atoms with Crippen molar-refractivity contribution in [3.63, 3.8) is 0 Å². The van der Waals surface area contributed by atoms with Crippen LogP contribution in [0.1, 0.15) is 51.0 Å². The number of nitrogens with zero attached hydrogens (tertiary/aromatic N) is 1. The van der Waals surface area contributed by atoms with Gasteiger partial charge >= 0.3 is 0 Å². The quantitative estimate of drug-likeness (QED) is 0.697. The summed E-state index contributed by atoms with van der Waals surface area (Å²) in [5.41, 5.74) is 2.67. The van der Waals surface area contributed by atoms with Crippen molar-refractivity contribution in [2.45, 2.75) is 52.0 Å². The maximum absolute atomic E-state index is 3.73. The normalized spacial score (nSPS) is 16.1. The molecule has 2 rings (SSSR count). The Morgan fingerprint density at radius 1 is 1.24 bits per heavy atom. The standard InChI is InChI=1S/C18H29BrN2/c1-3-11-20-13-16-9-10-17(12-18(16)19)21(2)14-15-7-5-4-6-8-15/h9-10,12,15,20H,3-8,11,13-14H2,1-2H3. The maximum atomic E-state index is 3.73. The van der Waals surface area contributed by atoms with Crippen molar-refractivity contribution in [1.82, 2.24) is 5.32 Å². The van der Waals surface area contributed by atoms with Crippen molar-refractivity contribution in [2.75, 3.05) is 25.0 Å². The highest BCUT2D eigenvalue weighted by Gasteiger charge is 2.16. The summed E-state index contributed by atoms with van der Waals surface area (Å²) in [5, 5.41) is 3.46. The maximum Gasteiger partial charge on any atom is 0.0375 e. The summed E-state index contributed by atoms with van der Waals surface area (Å²) in [7, 11) is 2.23. The first-order valence-electron chi connectivity index (χ1n) is 8.41. The summed E-state index contributed by atoms with van der Waals surface area (Å²) in [6, 6.07) is 6.78. The van der Waals surface area contributed by atoms with Crippen LogP contribution in [-0.2, 0) is 6.54 Å². The lowest BCUT2D eigenvalue weighted by atomic mass is 9.89. The first-order valence-corrected chi connectivity index (χ1v) is 9.20. The van der Waals surface area contributed by atoms with Crippen LogP contribution in [0.5, 0.6) is 0 Å². The van der Waals surface area contributed by atoms with Crippen LogP contribution < -0.4 is 10.2 Å². The summed E-state index contributed by atoms with van der Waals surface area (Å²) in [6.45, 7) is 5.42. The molecule has 1 aliphatic rings. The van der Waals surface area contributed by atoms with E-state index in [0.717, 1.165) is 19.0 Å². The Kier molecular flexibility index (Phi) is 7.05. The lowest BCUT2D eigenvalue weighted by molar-refractivity contribution is 0.362. The van der Waals surface area contributed by atoms with E-state index in [2.05, 4.69) is 58.3 Å². The fraction of sp³-hybridized carbons (Fsp3) is 0.667. The third kappa shape index (κ3) is 5.30. The predicted octanol–water partition coefficient (Wildman–Crippen LogP) is 4.97. The van der Waals surface area contributed by atoms with Gasteiger partial charge in [-0.05, 0) is 49.4 Å². The van der Waals surface area contributed by atoms with Gasteiger partial charge in [0.05, 0.1) is 0 Å². The molecule has 0 bridgehead atoms. The molecule has 1 aliphatic carbocycles. The summed E-state index contributed by atoms with van der Waals surface area (Å²) in [5.74, 6) is 0.883. The molecule has 21 heavy (non-hydrogen) atoms. The highest BCUT2D eigenvalue weighted by Crippen LogP contribution is 2.28. The summed E-state index contributed by atoms with van der Waals surface area (Å²) < 4.78 is 1.22. The number of halogens is 1. The Hall–Kier alpha value is -0.540. The second-order valence-corrected chi connectivity index (χ2v) is 7.19.